The molecule has 1 atom stereocenters. The number of rotatable bonds is 6. The summed E-state index contributed by atoms with van der Waals surface area (Å²) < 4.78 is 19.7. The summed E-state index contributed by atoms with van der Waals surface area (Å²) in [6, 6.07) is 12.2. The van der Waals surface area contributed by atoms with Gasteiger partial charge in [-0.15, -0.1) is 12.4 Å². The normalized spacial score (nSPS) is 14.0. The van der Waals surface area contributed by atoms with Gasteiger partial charge in [-0.05, 0) is 31.9 Å². The summed E-state index contributed by atoms with van der Waals surface area (Å²) in [4.78, 5) is 4.59. The highest BCUT2D eigenvalue weighted by atomic mass is 35.5. The third-order valence-electron chi connectivity index (χ3n) is 5.12. The molecule has 0 fully saturated rings. The third-order valence-corrected chi connectivity index (χ3v) is 5.12. The Hall–Kier alpha value is -2.66. The Morgan fingerprint density at radius 2 is 1.96 bits per heavy atom. The smallest absolute Gasteiger partial charge is 0.230 e. The maximum atomic E-state index is 6.49. The molecule has 0 N–H and O–H groups in total. The van der Waals surface area contributed by atoms with E-state index < -0.39 is 0 Å². The summed E-state index contributed by atoms with van der Waals surface area (Å²) in [6.45, 7) is 7.48. The van der Waals surface area contributed by atoms with Gasteiger partial charge in [0.05, 0.1) is 5.52 Å². The maximum Gasteiger partial charge on any atom is 0.230 e. The van der Waals surface area contributed by atoms with Crippen LogP contribution in [-0.4, -0.2) is 22.4 Å². The fraction of sp³-hybridized carbons (Fsp3) is 0.318. The van der Waals surface area contributed by atoms with E-state index in [1.165, 1.54) is 16.8 Å². The van der Waals surface area contributed by atoms with E-state index >= 15 is 0 Å². The lowest BCUT2D eigenvalue weighted by atomic mass is 10.1. The summed E-state index contributed by atoms with van der Waals surface area (Å²) in [7, 11) is 0. The summed E-state index contributed by atoms with van der Waals surface area (Å²) >= 11 is 0. The number of ether oxygens (including phenoxy) is 3. The van der Waals surface area contributed by atoms with Crippen LogP contribution in [0.4, 0.5) is 0 Å². The van der Waals surface area contributed by atoms with Crippen LogP contribution in [0.2, 0.25) is 0 Å². The van der Waals surface area contributed by atoms with E-state index in [9.17, 15) is 0 Å². The molecule has 0 amide bonds. The Balaban J connectivity index is 0.00000225. The Kier molecular flexibility index (Phi) is 6.15. The van der Waals surface area contributed by atoms with Crippen molar-refractivity contribution in [3.63, 3.8) is 0 Å². The molecule has 0 saturated carbocycles. The lowest BCUT2D eigenvalue weighted by Crippen LogP contribution is -2.23. The molecule has 0 bridgehead atoms. The molecule has 2 aromatic heterocycles. The highest BCUT2D eigenvalue weighted by Crippen LogP contribution is 2.33. The third kappa shape index (κ3) is 3.67. The Morgan fingerprint density at radius 1 is 1.18 bits per heavy atom. The molecule has 1 unspecified atom stereocenters. The van der Waals surface area contributed by atoms with Crippen LogP contribution < -0.4 is 4.74 Å². The summed E-state index contributed by atoms with van der Waals surface area (Å²) in [5, 5.41) is 0. The highest BCUT2D eigenvalue weighted by molar-refractivity contribution is 5.86. The van der Waals surface area contributed by atoms with E-state index in [-0.39, 0.29) is 25.3 Å². The first-order chi connectivity index (χ1) is 13.2. The van der Waals surface area contributed by atoms with Crippen LogP contribution in [0.25, 0.3) is 11.0 Å². The minimum atomic E-state index is -0.263. The molecule has 1 aliphatic rings. The zero-order chi connectivity index (χ0) is 18.8. The summed E-state index contributed by atoms with van der Waals surface area (Å²) in [6.07, 6.45) is 3.90. The topological polar surface area (TPSA) is 45.5 Å². The van der Waals surface area contributed by atoms with Gasteiger partial charge in [0.2, 0.25) is 6.79 Å². The molecule has 1 aliphatic heterocycles. The Morgan fingerprint density at radius 3 is 2.64 bits per heavy atom. The number of hydrogen-bond donors (Lipinski definition) is 0. The van der Waals surface area contributed by atoms with Crippen LogP contribution >= 0.6 is 12.4 Å². The molecular formula is C22H25ClN2O3. The highest BCUT2D eigenvalue weighted by Gasteiger charge is 2.25. The molecule has 3 aromatic rings. The van der Waals surface area contributed by atoms with Gasteiger partial charge in [-0.1, -0.05) is 30.3 Å². The van der Waals surface area contributed by atoms with Crippen molar-refractivity contribution in [1.29, 1.82) is 0 Å². The Labute approximate surface area is 171 Å². The second-order valence-electron chi connectivity index (χ2n) is 6.71. The second-order valence-corrected chi connectivity index (χ2v) is 6.71. The molecule has 0 spiro atoms. The molecule has 3 heterocycles. The molecule has 0 aliphatic carbocycles. The zero-order valence-corrected chi connectivity index (χ0v) is 17.2. The van der Waals surface area contributed by atoms with E-state index in [0.29, 0.717) is 12.2 Å². The van der Waals surface area contributed by atoms with Crippen LogP contribution in [0.5, 0.6) is 5.75 Å². The van der Waals surface area contributed by atoms with E-state index in [4.69, 9.17) is 14.2 Å². The van der Waals surface area contributed by atoms with Crippen molar-refractivity contribution in [3.8, 4) is 5.75 Å². The fourth-order valence-electron chi connectivity index (χ4n) is 3.61. The zero-order valence-electron chi connectivity index (χ0n) is 16.3. The van der Waals surface area contributed by atoms with E-state index in [1.807, 2.05) is 30.5 Å². The first kappa shape index (κ1) is 20.1. The first-order valence-electron chi connectivity index (χ1n) is 9.28. The van der Waals surface area contributed by atoms with Gasteiger partial charge in [0.1, 0.15) is 17.5 Å². The van der Waals surface area contributed by atoms with Gasteiger partial charge in [-0.2, -0.15) is 0 Å². The van der Waals surface area contributed by atoms with Crippen LogP contribution in [0.15, 0.2) is 54.6 Å². The largest absolute Gasteiger partial charge is 0.480 e. The number of benzene rings is 1. The van der Waals surface area contributed by atoms with Crippen molar-refractivity contribution in [1.82, 2.24) is 9.55 Å². The van der Waals surface area contributed by atoms with Gasteiger partial charge in [0, 0.05) is 30.9 Å². The van der Waals surface area contributed by atoms with Gasteiger partial charge < -0.3 is 18.8 Å². The number of aryl methyl sites for hydroxylation is 2. The molecule has 6 heteroatoms. The van der Waals surface area contributed by atoms with Crippen molar-refractivity contribution in [2.75, 3.05) is 6.79 Å². The van der Waals surface area contributed by atoms with Gasteiger partial charge in [0.15, 0.2) is 11.9 Å². The van der Waals surface area contributed by atoms with E-state index in [2.05, 4.69) is 42.5 Å². The van der Waals surface area contributed by atoms with E-state index in [0.717, 1.165) is 23.3 Å². The SMILES string of the molecule is CCn1c(C)c(C)c2nccc(OC(Cc3ccccc3)C3=COCO3)c21.Cl. The number of nitrogens with zero attached hydrogens (tertiary/aromatic N) is 2. The average Bonchev–Trinajstić information content (AvgIpc) is 3.31. The number of hydrogen-bond acceptors (Lipinski definition) is 4. The molecule has 0 radical (unpaired) electrons. The van der Waals surface area contributed by atoms with Crippen molar-refractivity contribution in [2.45, 2.75) is 39.8 Å². The van der Waals surface area contributed by atoms with Crippen molar-refractivity contribution >= 4 is 23.4 Å². The second kappa shape index (κ2) is 8.57. The van der Waals surface area contributed by atoms with Crippen LogP contribution in [0, 0.1) is 13.8 Å². The van der Waals surface area contributed by atoms with E-state index in [1.54, 1.807) is 6.26 Å². The number of fused-ring (bicyclic) bond motifs is 1. The van der Waals surface area contributed by atoms with Crippen LogP contribution in [0.1, 0.15) is 23.7 Å². The molecular weight excluding hydrogens is 376 g/mol. The lowest BCUT2D eigenvalue weighted by molar-refractivity contribution is 0.0559. The monoisotopic (exact) mass is 400 g/mol. The van der Waals surface area contributed by atoms with Crippen LogP contribution in [0.3, 0.4) is 0 Å². The van der Waals surface area contributed by atoms with Gasteiger partial charge in [-0.3, -0.25) is 4.98 Å². The predicted octanol–water partition coefficient (Wildman–Crippen LogP) is 4.93. The average molecular weight is 401 g/mol. The molecule has 1 aromatic carbocycles. The van der Waals surface area contributed by atoms with Crippen molar-refractivity contribution in [2.24, 2.45) is 0 Å². The van der Waals surface area contributed by atoms with Crippen molar-refractivity contribution < 1.29 is 14.2 Å². The minimum Gasteiger partial charge on any atom is -0.480 e. The van der Waals surface area contributed by atoms with Crippen molar-refractivity contribution in [3.05, 3.63) is 71.4 Å². The van der Waals surface area contributed by atoms with Gasteiger partial charge in [0.25, 0.3) is 0 Å². The fourth-order valence-corrected chi connectivity index (χ4v) is 3.61. The predicted molar refractivity (Wildman–Crippen MR) is 112 cm³/mol. The molecule has 148 valence electrons. The number of halogens is 1. The lowest BCUT2D eigenvalue weighted by Gasteiger charge is -2.20. The molecule has 4 rings (SSSR count). The van der Waals surface area contributed by atoms with Gasteiger partial charge >= 0.3 is 0 Å². The standard InChI is InChI=1S/C22H24N2O3.ClH/c1-4-24-16(3)15(2)21-22(24)18(10-11-23-21)27-19(20-13-25-14-26-20)12-17-8-6-5-7-9-17;/h5-11,13,19H,4,12,14H2,1-3H3;1H. The quantitative estimate of drug-likeness (QED) is 0.588. The molecule has 28 heavy (non-hydrogen) atoms. The molecule has 0 saturated heterocycles. The van der Waals surface area contributed by atoms with Gasteiger partial charge in [-0.25, -0.2) is 0 Å². The molecule has 5 nitrogen and oxygen atoms in total. The maximum absolute atomic E-state index is 6.49. The number of aromatic nitrogens is 2. The van der Waals surface area contributed by atoms with Crippen LogP contribution in [-0.2, 0) is 22.4 Å². The summed E-state index contributed by atoms with van der Waals surface area (Å²) in [5.41, 5.74) is 5.62. The number of pyridine rings is 1. The Bertz CT molecular complexity index is 982. The summed E-state index contributed by atoms with van der Waals surface area (Å²) in [5.74, 6) is 1.53. The first-order valence-corrected chi connectivity index (χ1v) is 9.28. The minimum absolute atomic E-state index is 0.